The number of rotatable bonds is 4. The van der Waals surface area contributed by atoms with E-state index in [0.29, 0.717) is 6.42 Å². The highest BCUT2D eigenvalue weighted by molar-refractivity contribution is 8.93. The molecule has 6 heteroatoms. The molecule has 0 saturated carbocycles. The topological polar surface area (TPSA) is 66.8 Å². The first-order valence-corrected chi connectivity index (χ1v) is 4.29. The number of unbranched alkanes of at least 4 members (excludes halogenated alkanes) is 1. The molecule has 0 aliphatic carbocycles. The van der Waals surface area contributed by atoms with Gasteiger partial charge in [0.05, 0.1) is 6.61 Å². The van der Waals surface area contributed by atoms with Crippen LogP contribution in [0.4, 0.5) is 0 Å². The van der Waals surface area contributed by atoms with Gasteiger partial charge >= 0.3 is 7.82 Å². The molecule has 0 rings (SSSR count). The molecular weight excluding hydrogens is 223 g/mol. The molecule has 0 radical (unpaired) electrons. The van der Waals surface area contributed by atoms with Crippen molar-refractivity contribution in [1.29, 1.82) is 0 Å². The van der Waals surface area contributed by atoms with Crippen molar-refractivity contribution in [3.05, 3.63) is 0 Å². The Kier molecular flexibility index (Phi) is 8.33. The Morgan fingerprint density at radius 1 is 1.50 bits per heavy atom. The van der Waals surface area contributed by atoms with Crippen LogP contribution in [0.2, 0.25) is 0 Å². The summed E-state index contributed by atoms with van der Waals surface area (Å²) in [5.41, 5.74) is 0. The van der Waals surface area contributed by atoms with E-state index in [4.69, 9.17) is 9.79 Å². The number of hydrogen-bond acceptors (Lipinski definition) is 2. The predicted octanol–water partition coefficient (Wildman–Crippen LogP) is 1.47. The van der Waals surface area contributed by atoms with Gasteiger partial charge < -0.3 is 9.79 Å². The fraction of sp³-hybridized carbons (Fsp3) is 1.00. The van der Waals surface area contributed by atoms with Crippen molar-refractivity contribution in [3.63, 3.8) is 0 Å². The van der Waals surface area contributed by atoms with Gasteiger partial charge in [0.15, 0.2) is 0 Å². The number of phosphoric ester groups is 1. The lowest BCUT2D eigenvalue weighted by atomic mass is 10.4. The molecule has 0 heterocycles. The monoisotopic (exact) mass is 234 g/mol. The lowest BCUT2D eigenvalue weighted by Crippen LogP contribution is -1.90. The van der Waals surface area contributed by atoms with Crippen LogP contribution in [-0.2, 0) is 9.09 Å². The molecule has 0 fully saturated rings. The smallest absolute Gasteiger partial charge is 0.303 e. The van der Waals surface area contributed by atoms with Gasteiger partial charge in [0.2, 0.25) is 0 Å². The lowest BCUT2D eigenvalue weighted by molar-refractivity contribution is 0.194. The number of phosphoric acid groups is 1. The van der Waals surface area contributed by atoms with Crippen molar-refractivity contribution in [1.82, 2.24) is 0 Å². The van der Waals surface area contributed by atoms with Crippen LogP contribution in [-0.4, -0.2) is 16.4 Å². The minimum Gasteiger partial charge on any atom is -0.303 e. The highest BCUT2D eigenvalue weighted by Crippen LogP contribution is 2.35. The van der Waals surface area contributed by atoms with E-state index in [1.807, 2.05) is 6.92 Å². The minimum absolute atomic E-state index is 0. The van der Waals surface area contributed by atoms with E-state index < -0.39 is 7.82 Å². The fourth-order valence-corrected chi connectivity index (χ4v) is 0.695. The Hall–Kier alpha value is 0.590. The maximum Gasteiger partial charge on any atom is 0.469 e. The second kappa shape index (κ2) is 6.31. The van der Waals surface area contributed by atoms with Gasteiger partial charge in [0.1, 0.15) is 0 Å². The van der Waals surface area contributed by atoms with Crippen LogP contribution in [0.15, 0.2) is 0 Å². The predicted molar refractivity (Wildman–Crippen MR) is 43.2 cm³/mol. The van der Waals surface area contributed by atoms with Crippen molar-refractivity contribution in [2.45, 2.75) is 19.8 Å². The number of halogens is 1. The molecule has 0 saturated heterocycles. The molecule has 0 aliphatic rings. The molecule has 10 heavy (non-hydrogen) atoms. The summed E-state index contributed by atoms with van der Waals surface area (Å²) in [5, 5.41) is 0. The summed E-state index contributed by atoms with van der Waals surface area (Å²) >= 11 is 0. The minimum atomic E-state index is -4.20. The van der Waals surface area contributed by atoms with E-state index in [-0.39, 0.29) is 23.6 Å². The van der Waals surface area contributed by atoms with Gasteiger partial charge in [-0.2, -0.15) is 0 Å². The van der Waals surface area contributed by atoms with Crippen LogP contribution >= 0.6 is 24.8 Å². The van der Waals surface area contributed by atoms with Crippen LogP contribution in [0, 0.1) is 0 Å². The molecule has 0 atom stereocenters. The maximum atomic E-state index is 9.98. The molecular formula is C4H12BrO4P. The Morgan fingerprint density at radius 3 is 2.30 bits per heavy atom. The van der Waals surface area contributed by atoms with Crippen molar-refractivity contribution >= 4 is 24.8 Å². The van der Waals surface area contributed by atoms with Gasteiger partial charge in [0, 0.05) is 0 Å². The largest absolute Gasteiger partial charge is 0.469 e. The Morgan fingerprint density at radius 2 is 2.00 bits per heavy atom. The van der Waals surface area contributed by atoms with Crippen LogP contribution in [0.25, 0.3) is 0 Å². The Bertz CT molecular complexity index is 112. The number of hydrogen-bond donors (Lipinski definition) is 2. The standard InChI is InChI=1S/C4H11O4P.BrH/c1-2-3-4-8-9(5,6)7;/h2-4H2,1H3,(H2,5,6,7);1H. The summed E-state index contributed by atoms with van der Waals surface area (Å²) < 4.78 is 14.1. The second-order valence-corrected chi connectivity index (χ2v) is 2.92. The molecule has 4 nitrogen and oxygen atoms in total. The second-order valence-electron chi connectivity index (χ2n) is 1.68. The fourth-order valence-electron chi connectivity index (χ4n) is 0.328. The summed E-state index contributed by atoms with van der Waals surface area (Å²) in [7, 11) is -4.20. The molecule has 2 N–H and O–H groups in total. The van der Waals surface area contributed by atoms with Gasteiger partial charge in [-0.1, -0.05) is 13.3 Å². The first-order valence-electron chi connectivity index (χ1n) is 2.76. The molecule has 0 aromatic heterocycles. The zero-order chi connectivity index (χ0) is 7.33. The highest BCUT2D eigenvalue weighted by Gasteiger charge is 2.11. The van der Waals surface area contributed by atoms with Crippen LogP contribution < -0.4 is 0 Å². The van der Waals surface area contributed by atoms with E-state index in [9.17, 15) is 4.57 Å². The van der Waals surface area contributed by atoms with Crippen LogP contribution in [0.5, 0.6) is 0 Å². The first-order chi connectivity index (χ1) is 4.06. The molecule has 0 aromatic carbocycles. The van der Waals surface area contributed by atoms with E-state index in [2.05, 4.69) is 4.52 Å². The van der Waals surface area contributed by atoms with Crippen LogP contribution in [0.3, 0.4) is 0 Å². The van der Waals surface area contributed by atoms with Crippen molar-refractivity contribution in [2.75, 3.05) is 6.61 Å². The summed E-state index contributed by atoms with van der Waals surface area (Å²) in [6.07, 6.45) is 1.56. The molecule has 0 aromatic rings. The summed E-state index contributed by atoms with van der Waals surface area (Å²) in [5.74, 6) is 0. The van der Waals surface area contributed by atoms with Crippen molar-refractivity contribution in [3.8, 4) is 0 Å². The molecule has 64 valence electrons. The first kappa shape index (κ1) is 13.2. The van der Waals surface area contributed by atoms with Crippen molar-refractivity contribution in [2.24, 2.45) is 0 Å². The zero-order valence-corrected chi connectivity index (χ0v) is 8.30. The SMILES string of the molecule is Br.CCCCOP(=O)(O)O. The zero-order valence-electron chi connectivity index (χ0n) is 5.69. The van der Waals surface area contributed by atoms with Gasteiger partial charge in [-0.05, 0) is 6.42 Å². The highest BCUT2D eigenvalue weighted by atomic mass is 79.9. The summed E-state index contributed by atoms with van der Waals surface area (Å²) in [6.45, 7) is 2.06. The quantitative estimate of drug-likeness (QED) is 0.572. The molecule has 0 bridgehead atoms. The summed E-state index contributed by atoms with van der Waals surface area (Å²) in [4.78, 5) is 16.3. The Labute approximate surface area is 70.6 Å². The molecule has 0 amide bonds. The van der Waals surface area contributed by atoms with E-state index in [0.717, 1.165) is 6.42 Å². The average molecular weight is 235 g/mol. The van der Waals surface area contributed by atoms with E-state index >= 15 is 0 Å². The van der Waals surface area contributed by atoms with Gasteiger partial charge in [-0.3, -0.25) is 4.52 Å². The Balaban J connectivity index is 0. The van der Waals surface area contributed by atoms with Gasteiger partial charge in [0.25, 0.3) is 0 Å². The van der Waals surface area contributed by atoms with Gasteiger partial charge in [-0.25, -0.2) is 4.57 Å². The third-order valence-corrected chi connectivity index (χ3v) is 1.28. The average Bonchev–Trinajstić information content (AvgIpc) is 1.63. The van der Waals surface area contributed by atoms with Gasteiger partial charge in [-0.15, -0.1) is 17.0 Å². The lowest BCUT2D eigenvalue weighted by Gasteiger charge is -2.02. The van der Waals surface area contributed by atoms with Crippen LogP contribution in [0.1, 0.15) is 19.8 Å². The molecule has 0 aliphatic heterocycles. The maximum absolute atomic E-state index is 9.98. The third-order valence-electron chi connectivity index (χ3n) is 0.757. The van der Waals surface area contributed by atoms with E-state index in [1.54, 1.807) is 0 Å². The van der Waals surface area contributed by atoms with E-state index in [1.165, 1.54) is 0 Å². The normalized spacial score (nSPS) is 10.7. The molecule has 0 unspecified atom stereocenters. The summed E-state index contributed by atoms with van der Waals surface area (Å²) in [6, 6.07) is 0. The molecule has 0 spiro atoms. The van der Waals surface area contributed by atoms with Crippen molar-refractivity contribution < 1.29 is 18.9 Å². The third kappa shape index (κ3) is 11.4.